The highest BCUT2D eigenvalue weighted by atomic mass is 35.5. The van der Waals surface area contributed by atoms with Crippen LogP contribution in [0.3, 0.4) is 0 Å². The van der Waals surface area contributed by atoms with Gasteiger partial charge in [0, 0.05) is 10.9 Å². The van der Waals surface area contributed by atoms with Gasteiger partial charge < -0.3 is 0 Å². The van der Waals surface area contributed by atoms with Gasteiger partial charge in [0.1, 0.15) is 15.8 Å². The van der Waals surface area contributed by atoms with Crippen LogP contribution in [0.15, 0.2) is 44.3 Å². The second-order valence-corrected chi connectivity index (χ2v) is 7.22. The van der Waals surface area contributed by atoms with Crippen LogP contribution in [0.5, 0.6) is 0 Å². The van der Waals surface area contributed by atoms with Crippen molar-refractivity contribution in [2.75, 3.05) is 0 Å². The molecule has 0 spiro atoms. The lowest BCUT2D eigenvalue weighted by Crippen LogP contribution is -1.77. The van der Waals surface area contributed by atoms with E-state index < -0.39 is 0 Å². The monoisotopic (exact) mass is 335 g/mol. The van der Waals surface area contributed by atoms with Gasteiger partial charge in [-0.05, 0) is 23.3 Å². The molecule has 1 aromatic carbocycles. The summed E-state index contributed by atoms with van der Waals surface area (Å²) < 4.78 is 5.65. The Morgan fingerprint density at radius 2 is 2.05 bits per heavy atom. The van der Waals surface area contributed by atoms with Gasteiger partial charge in [0.15, 0.2) is 9.49 Å². The molecule has 98 valence electrons. The van der Waals surface area contributed by atoms with Crippen LogP contribution in [0, 0.1) is 11.3 Å². The van der Waals surface area contributed by atoms with Crippen LogP contribution in [-0.2, 0) is 0 Å². The molecule has 3 aromatic rings. The molecule has 0 fully saturated rings. The maximum absolute atomic E-state index is 9.05. The minimum Gasteiger partial charge on any atom is -0.229 e. The molecule has 0 saturated heterocycles. The Kier molecular flexibility index (Phi) is 4.03. The maximum atomic E-state index is 9.05. The lowest BCUT2D eigenvalue weighted by molar-refractivity contribution is 1.25. The molecule has 0 aliphatic carbocycles. The number of aromatic nitrogens is 2. The molecule has 0 amide bonds. The van der Waals surface area contributed by atoms with Gasteiger partial charge in [0.05, 0.1) is 5.69 Å². The third-order valence-corrected chi connectivity index (χ3v) is 5.78. The van der Waals surface area contributed by atoms with Crippen molar-refractivity contribution < 1.29 is 0 Å². The van der Waals surface area contributed by atoms with Crippen molar-refractivity contribution >= 4 is 46.2 Å². The van der Waals surface area contributed by atoms with E-state index in [4.69, 9.17) is 16.9 Å². The summed E-state index contributed by atoms with van der Waals surface area (Å²) in [6.07, 6.45) is 0. The number of nitrogens with zero attached hydrogens (tertiary/aromatic N) is 3. The molecule has 20 heavy (non-hydrogen) atoms. The fourth-order valence-electron chi connectivity index (χ4n) is 1.54. The average molecular weight is 336 g/mol. The molecule has 0 radical (unpaired) electrons. The van der Waals surface area contributed by atoms with Crippen LogP contribution >= 0.6 is 46.2 Å². The second-order valence-electron chi connectivity index (χ2n) is 3.71. The van der Waals surface area contributed by atoms with Gasteiger partial charge in [-0.25, -0.2) is 4.98 Å². The van der Waals surface area contributed by atoms with Crippen molar-refractivity contribution in [1.82, 2.24) is 9.36 Å². The summed E-state index contributed by atoms with van der Waals surface area (Å²) >= 11 is 10.1. The van der Waals surface area contributed by atoms with E-state index in [1.165, 1.54) is 23.3 Å². The maximum Gasteiger partial charge on any atom is 0.161 e. The van der Waals surface area contributed by atoms with Crippen LogP contribution in [-0.4, -0.2) is 9.36 Å². The van der Waals surface area contributed by atoms with E-state index in [9.17, 15) is 0 Å². The predicted molar refractivity (Wildman–Crippen MR) is 83.5 cm³/mol. The number of thiazole rings is 1. The van der Waals surface area contributed by atoms with E-state index >= 15 is 0 Å². The molecule has 0 aliphatic heterocycles. The topological polar surface area (TPSA) is 49.6 Å². The molecule has 0 aliphatic rings. The Bertz CT molecular complexity index is 774. The molecule has 0 bridgehead atoms. The number of rotatable bonds is 3. The number of halogens is 1. The number of benzene rings is 1. The minimum absolute atomic E-state index is 0.264. The lowest BCUT2D eigenvalue weighted by Gasteiger charge is -1.94. The highest BCUT2D eigenvalue weighted by Gasteiger charge is 2.15. The largest absolute Gasteiger partial charge is 0.229 e. The standard InChI is InChI=1S/C13H6ClN3S3/c14-11-9(6-15)12(20-17-11)19-13-16-10(7-18-13)8-4-2-1-3-5-8/h1-5,7H. The first kappa shape index (κ1) is 13.6. The highest BCUT2D eigenvalue weighted by molar-refractivity contribution is 8.02. The molecule has 3 nitrogen and oxygen atoms in total. The van der Waals surface area contributed by atoms with Crippen LogP contribution in [0.1, 0.15) is 5.56 Å². The zero-order valence-electron chi connectivity index (χ0n) is 9.91. The van der Waals surface area contributed by atoms with Crippen LogP contribution in [0.25, 0.3) is 11.3 Å². The summed E-state index contributed by atoms with van der Waals surface area (Å²) in [5.41, 5.74) is 2.45. The van der Waals surface area contributed by atoms with Gasteiger partial charge in [-0.1, -0.05) is 41.9 Å². The fraction of sp³-hybridized carbons (Fsp3) is 0. The summed E-state index contributed by atoms with van der Waals surface area (Å²) in [6, 6.07) is 12.1. The summed E-state index contributed by atoms with van der Waals surface area (Å²) in [4.78, 5) is 4.57. The first-order valence-corrected chi connectivity index (χ1v) is 8.37. The third kappa shape index (κ3) is 2.72. The first-order chi connectivity index (χ1) is 9.78. The Hall–Kier alpha value is -1.39. The normalized spacial score (nSPS) is 10.4. The summed E-state index contributed by atoms with van der Waals surface area (Å²) in [5, 5.41) is 11.3. The molecule has 7 heteroatoms. The first-order valence-electron chi connectivity index (χ1n) is 5.52. The minimum atomic E-state index is 0.264. The van der Waals surface area contributed by atoms with Gasteiger partial charge >= 0.3 is 0 Å². The van der Waals surface area contributed by atoms with E-state index in [2.05, 4.69) is 15.4 Å². The van der Waals surface area contributed by atoms with Crippen molar-refractivity contribution in [2.24, 2.45) is 0 Å². The number of hydrogen-bond acceptors (Lipinski definition) is 6. The molecule has 3 rings (SSSR count). The van der Waals surface area contributed by atoms with Gasteiger partial charge in [-0.3, -0.25) is 0 Å². The van der Waals surface area contributed by atoms with E-state index in [-0.39, 0.29) is 5.15 Å². The van der Waals surface area contributed by atoms with E-state index in [1.807, 2.05) is 35.7 Å². The molecule has 2 aromatic heterocycles. The summed E-state index contributed by atoms with van der Waals surface area (Å²) in [7, 11) is 0. The molecular formula is C13H6ClN3S3. The van der Waals surface area contributed by atoms with Crippen LogP contribution in [0.2, 0.25) is 5.15 Å². The van der Waals surface area contributed by atoms with Crippen molar-refractivity contribution in [2.45, 2.75) is 8.55 Å². The summed E-state index contributed by atoms with van der Waals surface area (Å²) in [6.45, 7) is 0. The predicted octanol–water partition coefficient (Wildman–Crippen LogP) is 4.94. The van der Waals surface area contributed by atoms with Crippen molar-refractivity contribution in [3.63, 3.8) is 0 Å². The smallest absolute Gasteiger partial charge is 0.161 e. The van der Waals surface area contributed by atoms with Crippen LogP contribution in [0.4, 0.5) is 0 Å². The van der Waals surface area contributed by atoms with Crippen LogP contribution < -0.4 is 0 Å². The van der Waals surface area contributed by atoms with Crippen molar-refractivity contribution in [1.29, 1.82) is 5.26 Å². The average Bonchev–Trinajstić information content (AvgIpc) is 3.08. The van der Waals surface area contributed by atoms with E-state index in [1.54, 1.807) is 11.3 Å². The van der Waals surface area contributed by atoms with Crippen molar-refractivity contribution in [3.05, 3.63) is 46.4 Å². The Labute approximate surface area is 133 Å². The SMILES string of the molecule is N#Cc1c(Cl)nsc1Sc1nc(-c2ccccc2)cs1. The quantitative estimate of drug-likeness (QED) is 0.680. The van der Waals surface area contributed by atoms with Gasteiger partial charge in [-0.15, -0.1) is 11.3 Å². The lowest BCUT2D eigenvalue weighted by atomic mass is 10.2. The van der Waals surface area contributed by atoms with Crippen molar-refractivity contribution in [3.8, 4) is 17.3 Å². The highest BCUT2D eigenvalue weighted by Crippen LogP contribution is 2.39. The van der Waals surface area contributed by atoms with E-state index in [0.29, 0.717) is 5.56 Å². The van der Waals surface area contributed by atoms with Gasteiger partial charge in [0.2, 0.25) is 0 Å². The number of hydrogen-bond donors (Lipinski definition) is 0. The summed E-state index contributed by atoms with van der Waals surface area (Å²) in [5.74, 6) is 0. The Morgan fingerprint density at radius 1 is 1.25 bits per heavy atom. The molecule has 0 atom stereocenters. The molecule has 0 N–H and O–H groups in total. The van der Waals surface area contributed by atoms with Gasteiger partial charge in [-0.2, -0.15) is 9.64 Å². The number of nitriles is 1. The zero-order valence-corrected chi connectivity index (χ0v) is 13.1. The van der Waals surface area contributed by atoms with E-state index in [0.717, 1.165) is 19.8 Å². The molecule has 0 saturated carbocycles. The molecular weight excluding hydrogens is 330 g/mol. The zero-order chi connectivity index (χ0) is 13.9. The fourth-order valence-corrected chi connectivity index (χ4v) is 4.73. The second kappa shape index (κ2) is 5.94. The molecule has 2 heterocycles. The van der Waals surface area contributed by atoms with Gasteiger partial charge in [0.25, 0.3) is 0 Å². The Morgan fingerprint density at radius 3 is 2.80 bits per heavy atom. The molecule has 0 unspecified atom stereocenters. The third-order valence-electron chi connectivity index (χ3n) is 2.46. The Balaban J connectivity index is 1.87.